The molecule has 23 heavy (non-hydrogen) atoms. The Bertz CT molecular complexity index is 762. The molecule has 2 aromatic carbocycles. The van der Waals surface area contributed by atoms with Crippen molar-refractivity contribution in [3.8, 4) is 6.07 Å². The van der Waals surface area contributed by atoms with Gasteiger partial charge >= 0.3 is 0 Å². The lowest BCUT2D eigenvalue weighted by Gasteiger charge is -2.40. The van der Waals surface area contributed by atoms with E-state index in [1.54, 1.807) is 24.3 Å². The van der Waals surface area contributed by atoms with E-state index in [2.05, 4.69) is 11.0 Å². The summed E-state index contributed by atoms with van der Waals surface area (Å²) in [5.41, 5.74) is 1.13. The summed E-state index contributed by atoms with van der Waals surface area (Å²) in [4.78, 5) is 2.06. The van der Waals surface area contributed by atoms with Crippen molar-refractivity contribution in [1.29, 1.82) is 5.26 Å². The number of nitriles is 1. The second-order valence-corrected chi connectivity index (χ2v) is 6.56. The van der Waals surface area contributed by atoms with Gasteiger partial charge in [0.1, 0.15) is 6.07 Å². The third-order valence-electron chi connectivity index (χ3n) is 4.39. The number of piperidine rings is 1. The molecule has 0 unspecified atom stereocenters. The molecule has 1 fully saturated rings. The van der Waals surface area contributed by atoms with Crippen LogP contribution in [0.3, 0.4) is 0 Å². The maximum atomic E-state index is 11.0. The van der Waals surface area contributed by atoms with E-state index >= 15 is 0 Å². The lowest BCUT2D eigenvalue weighted by Crippen LogP contribution is -2.43. The first kappa shape index (κ1) is 16.1. The molecule has 0 bridgehead atoms. The molecule has 1 saturated heterocycles. The molecule has 0 atom stereocenters. The number of nitrogens with zero attached hydrogens (tertiary/aromatic N) is 2. The van der Waals surface area contributed by atoms with Crippen molar-refractivity contribution in [3.63, 3.8) is 0 Å². The first-order valence-corrected chi connectivity index (χ1v) is 8.22. The SMILES string of the molecule is N#Cc1cccc(Cl)c1N1CCC(O)(c2ccccc2Cl)CC1. The fourth-order valence-corrected chi connectivity index (χ4v) is 3.74. The second kappa shape index (κ2) is 6.41. The zero-order valence-corrected chi connectivity index (χ0v) is 14.0. The highest BCUT2D eigenvalue weighted by Gasteiger charge is 2.36. The van der Waals surface area contributed by atoms with Crippen LogP contribution in [0.5, 0.6) is 0 Å². The van der Waals surface area contributed by atoms with Gasteiger partial charge in [-0.3, -0.25) is 0 Å². The van der Waals surface area contributed by atoms with E-state index in [-0.39, 0.29) is 0 Å². The zero-order valence-electron chi connectivity index (χ0n) is 12.5. The monoisotopic (exact) mass is 346 g/mol. The van der Waals surface area contributed by atoms with Crippen molar-refractivity contribution in [2.24, 2.45) is 0 Å². The van der Waals surface area contributed by atoms with Crippen LogP contribution in [0, 0.1) is 11.3 Å². The van der Waals surface area contributed by atoms with E-state index in [1.807, 2.05) is 18.2 Å². The van der Waals surface area contributed by atoms with E-state index in [1.165, 1.54) is 0 Å². The molecule has 1 aliphatic rings. The number of aliphatic hydroxyl groups is 1. The summed E-state index contributed by atoms with van der Waals surface area (Å²) in [6.45, 7) is 1.22. The molecule has 1 heterocycles. The Balaban J connectivity index is 1.85. The Labute approximate surface area is 145 Å². The van der Waals surface area contributed by atoms with E-state index in [0.717, 1.165) is 11.3 Å². The van der Waals surface area contributed by atoms with Crippen LogP contribution in [-0.2, 0) is 5.60 Å². The Morgan fingerprint density at radius 1 is 1.00 bits per heavy atom. The van der Waals surface area contributed by atoms with Crippen LogP contribution in [-0.4, -0.2) is 18.2 Å². The molecule has 2 aromatic rings. The highest BCUT2D eigenvalue weighted by Crippen LogP contribution is 2.39. The van der Waals surface area contributed by atoms with Gasteiger partial charge in [-0.25, -0.2) is 0 Å². The molecular weight excluding hydrogens is 331 g/mol. The zero-order chi connectivity index (χ0) is 16.4. The molecule has 1 N–H and O–H groups in total. The van der Waals surface area contributed by atoms with E-state index < -0.39 is 5.60 Å². The van der Waals surface area contributed by atoms with Gasteiger partial charge in [-0.1, -0.05) is 47.5 Å². The van der Waals surface area contributed by atoms with Gasteiger partial charge in [-0.05, 0) is 31.0 Å². The fraction of sp³-hybridized carbons (Fsp3) is 0.278. The summed E-state index contributed by atoms with van der Waals surface area (Å²) in [5.74, 6) is 0. The smallest absolute Gasteiger partial charge is 0.101 e. The Morgan fingerprint density at radius 3 is 2.30 bits per heavy atom. The molecular formula is C18H16Cl2N2O. The van der Waals surface area contributed by atoms with Crippen LogP contribution < -0.4 is 4.90 Å². The number of rotatable bonds is 2. The third kappa shape index (κ3) is 3.03. The quantitative estimate of drug-likeness (QED) is 0.878. The maximum absolute atomic E-state index is 11.0. The van der Waals surface area contributed by atoms with Gasteiger partial charge in [0, 0.05) is 23.7 Å². The fourth-order valence-electron chi connectivity index (χ4n) is 3.14. The number of anilines is 1. The predicted molar refractivity (Wildman–Crippen MR) is 93.0 cm³/mol. The summed E-state index contributed by atoms with van der Waals surface area (Å²) in [6, 6.07) is 14.9. The van der Waals surface area contributed by atoms with Crippen molar-refractivity contribution < 1.29 is 5.11 Å². The first-order chi connectivity index (χ1) is 11.0. The van der Waals surface area contributed by atoms with Gasteiger partial charge in [0.25, 0.3) is 0 Å². The minimum absolute atomic E-state index is 0.535. The van der Waals surface area contributed by atoms with Gasteiger partial charge in [-0.2, -0.15) is 5.26 Å². The number of halogens is 2. The second-order valence-electron chi connectivity index (χ2n) is 5.75. The van der Waals surface area contributed by atoms with E-state index in [9.17, 15) is 10.4 Å². The lowest BCUT2D eigenvalue weighted by atomic mass is 9.84. The minimum Gasteiger partial charge on any atom is -0.385 e. The van der Waals surface area contributed by atoms with Gasteiger partial charge < -0.3 is 10.0 Å². The predicted octanol–water partition coefficient (Wildman–Crippen LogP) is 4.35. The maximum Gasteiger partial charge on any atom is 0.101 e. The molecule has 118 valence electrons. The largest absolute Gasteiger partial charge is 0.385 e. The Kier molecular flexibility index (Phi) is 4.50. The highest BCUT2D eigenvalue weighted by atomic mass is 35.5. The van der Waals surface area contributed by atoms with Gasteiger partial charge in [0.05, 0.1) is 21.9 Å². The average molecular weight is 347 g/mol. The Hall–Kier alpha value is -1.73. The van der Waals surface area contributed by atoms with Gasteiger partial charge in [-0.15, -0.1) is 0 Å². The van der Waals surface area contributed by atoms with Crippen molar-refractivity contribution in [1.82, 2.24) is 0 Å². The van der Waals surface area contributed by atoms with Gasteiger partial charge in [0.2, 0.25) is 0 Å². The summed E-state index contributed by atoms with van der Waals surface area (Å²) in [6.07, 6.45) is 1.07. The number of para-hydroxylation sites is 1. The first-order valence-electron chi connectivity index (χ1n) is 7.46. The lowest BCUT2D eigenvalue weighted by molar-refractivity contribution is 0.0119. The molecule has 0 saturated carbocycles. The molecule has 0 spiro atoms. The van der Waals surface area contributed by atoms with Crippen molar-refractivity contribution in [2.75, 3.05) is 18.0 Å². The number of hydrogen-bond donors (Lipinski definition) is 1. The van der Waals surface area contributed by atoms with Crippen LogP contribution in [0.1, 0.15) is 24.0 Å². The Morgan fingerprint density at radius 2 is 1.65 bits per heavy atom. The highest BCUT2D eigenvalue weighted by molar-refractivity contribution is 6.33. The van der Waals surface area contributed by atoms with Crippen LogP contribution in [0.25, 0.3) is 0 Å². The summed E-state index contributed by atoms with van der Waals surface area (Å²) in [5, 5.41) is 21.4. The summed E-state index contributed by atoms with van der Waals surface area (Å²) in [7, 11) is 0. The van der Waals surface area contributed by atoms with Crippen molar-refractivity contribution >= 4 is 28.9 Å². The third-order valence-corrected chi connectivity index (χ3v) is 5.02. The molecule has 3 nitrogen and oxygen atoms in total. The topological polar surface area (TPSA) is 47.3 Å². The molecule has 0 amide bonds. The molecule has 1 aliphatic heterocycles. The molecule has 0 aromatic heterocycles. The van der Waals surface area contributed by atoms with Crippen LogP contribution >= 0.6 is 23.2 Å². The molecule has 5 heteroatoms. The molecule has 0 radical (unpaired) electrons. The number of hydrogen-bond acceptors (Lipinski definition) is 3. The van der Waals surface area contributed by atoms with Crippen molar-refractivity contribution in [3.05, 3.63) is 63.6 Å². The van der Waals surface area contributed by atoms with Crippen LogP contribution in [0.2, 0.25) is 10.0 Å². The molecule has 3 rings (SSSR count). The van der Waals surface area contributed by atoms with Crippen LogP contribution in [0.15, 0.2) is 42.5 Å². The average Bonchev–Trinajstić information content (AvgIpc) is 2.56. The van der Waals surface area contributed by atoms with E-state index in [0.29, 0.717) is 41.5 Å². The summed E-state index contributed by atoms with van der Waals surface area (Å²) < 4.78 is 0. The standard InChI is InChI=1S/C18H16Cl2N2O/c19-15-6-2-1-5-14(15)18(23)8-10-22(11-9-18)17-13(12-21)4-3-7-16(17)20/h1-7,23H,8-11H2. The molecule has 0 aliphatic carbocycles. The van der Waals surface area contributed by atoms with Gasteiger partial charge in [0.15, 0.2) is 0 Å². The van der Waals surface area contributed by atoms with E-state index in [4.69, 9.17) is 23.2 Å². The number of benzene rings is 2. The van der Waals surface area contributed by atoms with Crippen LogP contribution in [0.4, 0.5) is 5.69 Å². The minimum atomic E-state index is -0.942. The van der Waals surface area contributed by atoms with Crippen molar-refractivity contribution in [2.45, 2.75) is 18.4 Å². The summed E-state index contributed by atoms with van der Waals surface area (Å²) >= 11 is 12.5. The normalized spacial score (nSPS) is 16.9.